The maximum atomic E-state index is 14.0. The van der Waals surface area contributed by atoms with Gasteiger partial charge in [-0.2, -0.15) is 0 Å². The Hall–Kier alpha value is -4.06. The van der Waals surface area contributed by atoms with Gasteiger partial charge in [-0.05, 0) is 48.6 Å². The van der Waals surface area contributed by atoms with Gasteiger partial charge < -0.3 is 5.11 Å². The molecule has 3 aromatic carbocycles. The third-order valence-electron chi connectivity index (χ3n) is 4.47. The lowest BCUT2D eigenvalue weighted by Crippen LogP contribution is -2.22. The van der Waals surface area contributed by atoms with E-state index in [4.69, 9.17) is 0 Å². The number of para-hydroxylation sites is 1. The van der Waals surface area contributed by atoms with Gasteiger partial charge in [0.1, 0.15) is 11.6 Å². The fourth-order valence-electron chi connectivity index (χ4n) is 3.06. The molecule has 0 saturated carbocycles. The molecule has 1 N–H and O–H groups in total. The van der Waals surface area contributed by atoms with Crippen molar-refractivity contribution in [3.8, 4) is 5.69 Å². The van der Waals surface area contributed by atoms with Crippen molar-refractivity contribution < 1.29 is 14.3 Å². The summed E-state index contributed by atoms with van der Waals surface area (Å²) in [5.41, 5.74) is 0.913. The number of benzene rings is 3. The first-order chi connectivity index (χ1) is 14.0. The number of aromatic nitrogens is 2. The number of rotatable bonds is 4. The van der Waals surface area contributed by atoms with Gasteiger partial charge in [-0.25, -0.2) is 14.2 Å². The lowest BCUT2D eigenvalue weighted by atomic mass is 10.1. The molecule has 0 unspecified atom stereocenters. The van der Waals surface area contributed by atoms with Crippen molar-refractivity contribution in [3.05, 3.63) is 106 Å². The highest BCUT2D eigenvalue weighted by Crippen LogP contribution is 2.17. The molecule has 1 heterocycles. The van der Waals surface area contributed by atoms with Crippen molar-refractivity contribution in [1.29, 1.82) is 0 Å². The van der Waals surface area contributed by atoms with Crippen molar-refractivity contribution in [2.75, 3.05) is 0 Å². The van der Waals surface area contributed by atoms with Crippen LogP contribution in [-0.4, -0.2) is 20.6 Å². The highest BCUT2D eigenvalue weighted by molar-refractivity contribution is 5.88. The SMILES string of the molecule is O=C(O)c1cccc(-n2c(/C=C\c3ccccc3F)nc3ccccc3c2=O)c1. The summed E-state index contributed by atoms with van der Waals surface area (Å²) >= 11 is 0. The second-order valence-electron chi connectivity index (χ2n) is 6.34. The van der Waals surface area contributed by atoms with Crippen molar-refractivity contribution in [3.63, 3.8) is 0 Å². The first kappa shape index (κ1) is 18.3. The second-order valence-corrected chi connectivity index (χ2v) is 6.34. The maximum Gasteiger partial charge on any atom is 0.335 e. The average Bonchev–Trinajstić information content (AvgIpc) is 2.73. The quantitative estimate of drug-likeness (QED) is 0.565. The van der Waals surface area contributed by atoms with E-state index in [0.717, 1.165) is 0 Å². The van der Waals surface area contributed by atoms with E-state index in [0.29, 0.717) is 22.2 Å². The smallest absolute Gasteiger partial charge is 0.335 e. The third kappa shape index (κ3) is 3.55. The lowest BCUT2D eigenvalue weighted by Gasteiger charge is -2.12. The zero-order valence-electron chi connectivity index (χ0n) is 15.1. The molecular formula is C23H15FN2O3. The molecule has 0 spiro atoms. The van der Waals surface area contributed by atoms with Crippen LogP contribution in [0.15, 0.2) is 77.6 Å². The lowest BCUT2D eigenvalue weighted by molar-refractivity contribution is 0.0697. The number of nitrogens with zero attached hydrogens (tertiary/aromatic N) is 2. The Balaban J connectivity index is 1.97. The number of carbonyl (C=O) groups is 1. The van der Waals surface area contributed by atoms with Gasteiger partial charge in [0.05, 0.1) is 22.2 Å². The molecule has 4 aromatic rings. The van der Waals surface area contributed by atoms with Gasteiger partial charge in [0.15, 0.2) is 0 Å². The fourth-order valence-corrected chi connectivity index (χ4v) is 3.06. The van der Waals surface area contributed by atoms with Crippen LogP contribution in [0, 0.1) is 5.82 Å². The van der Waals surface area contributed by atoms with E-state index in [1.54, 1.807) is 60.7 Å². The number of aromatic carboxylic acids is 1. The van der Waals surface area contributed by atoms with Crippen molar-refractivity contribution >= 4 is 29.0 Å². The normalized spacial score (nSPS) is 11.2. The first-order valence-electron chi connectivity index (χ1n) is 8.83. The van der Waals surface area contributed by atoms with E-state index >= 15 is 0 Å². The molecule has 0 radical (unpaired) electrons. The molecule has 0 amide bonds. The highest BCUT2D eigenvalue weighted by Gasteiger charge is 2.13. The van der Waals surface area contributed by atoms with Gasteiger partial charge in [-0.3, -0.25) is 9.36 Å². The Kier molecular flexibility index (Phi) is 4.75. The van der Waals surface area contributed by atoms with Crippen molar-refractivity contribution in [2.24, 2.45) is 0 Å². The molecule has 0 saturated heterocycles. The first-order valence-corrected chi connectivity index (χ1v) is 8.83. The summed E-state index contributed by atoms with van der Waals surface area (Å²) in [6.07, 6.45) is 3.07. The molecule has 0 aliphatic heterocycles. The largest absolute Gasteiger partial charge is 0.478 e. The van der Waals surface area contributed by atoms with E-state index in [1.807, 2.05) is 0 Å². The van der Waals surface area contributed by atoms with Crippen molar-refractivity contribution in [2.45, 2.75) is 0 Å². The number of halogens is 1. The second kappa shape index (κ2) is 7.52. The highest BCUT2D eigenvalue weighted by atomic mass is 19.1. The van der Waals surface area contributed by atoms with E-state index in [2.05, 4.69) is 4.98 Å². The summed E-state index contributed by atoms with van der Waals surface area (Å²) in [7, 11) is 0. The van der Waals surface area contributed by atoms with Crippen LogP contribution in [0.25, 0.3) is 28.7 Å². The van der Waals surface area contributed by atoms with E-state index in [1.165, 1.54) is 28.8 Å². The van der Waals surface area contributed by atoms with Gasteiger partial charge in [-0.1, -0.05) is 36.4 Å². The monoisotopic (exact) mass is 386 g/mol. The van der Waals surface area contributed by atoms with Crippen LogP contribution in [0.1, 0.15) is 21.7 Å². The van der Waals surface area contributed by atoms with E-state index < -0.39 is 11.8 Å². The standard InChI is InChI=1S/C23H15FN2O3/c24-19-10-3-1-6-15(19)12-13-21-25-20-11-4-2-9-18(20)22(27)26(21)17-8-5-7-16(14-17)23(28)29/h1-14H,(H,28,29)/b13-12-. The van der Waals surface area contributed by atoms with Crippen LogP contribution in [0.2, 0.25) is 0 Å². The van der Waals surface area contributed by atoms with Crippen LogP contribution in [0.3, 0.4) is 0 Å². The predicted octanol–water partition coefficient (Wildman–Crippen LogP) is 4.39. The van der Waals surface area contributed by atoms with Crippen molar-refractivity contribution in [1.82, 2.24) is 9.55 Å². The zero-order chi connectivity index (χ0) is 20.4. The minimum absolute atomic E-state index is 0.0478. The molecule has 0 aliphatic rings. The maximum absolute atomic E-state index is 14.0. The van der Waals surface area contributed by atoms with Gasteiger partial charge in [-0.15, -0.1) is 0 Å². The molecule has 142 valence electrons. The molecule has 4 rings (SSSR count). The number of hydrogen-bond acceptors (Lipinski definition) is 3. The molecular weight excluding hydrogens is 371 g/mol. The zero-order valence-corrected chi connectivity index (χ0v) is 15.1. The Morgan fingerprint density at radius 1 is 0.966 bits per heavy atom. The summed E-state index contributed by atoms with van der Waals surface area (Å²) < 4.78 is 15.3. The average molecular weight is 386 g/mol. The summed E-state index contributed by atoms with van der Waals surface area (Å²) in [6.45, 7) is 0. The molecule has 29 heavy (non-hydrogen) atoms. The Morgan fingerprint density at radius 2 is 1.72 bits per heavy atom. The number of hydrogen-bond donors (Lipinski definition) is 1. The van der Waals surface area contributed by atoms with Crippen LogP contribution in [-0.2, 0) is 0 Å². The van der Waals surface area contributed by atoms with Gasteiger partial charge in [0.25, 0.3) is 5.56 Å². The van der Waals surface area contributed by atoms with Gasteiger partial charge in [0, 0.05) is 5.56 Å². The molecule has 0 bridgehead atoms. The van der Waals surface area contributed by atoms with E-state index in [-0.39, 0.29) is 16.9 Å². The molecule has 0 aliphatic carbocycles. The predicted molar refractivity (Wildman–Crippen MR) is 110 cm³/mol. The number of carboxylic acids is 1. The summed E-state index contributed by atoms with van der Waals surface area (Å²) in [4.78, 5) is 29.1. The minimum Gasteiger partial charge on any atom is -0.478 e. The molecule has 6 heteroatoms. The van der Waals surface area contributed by atoms with Crippen LogP contribution in [0.5, 0.6) is 0 Å². The Morgan fingerprint density at radius 3 is 2.52 bits per heavy atom. The van der Waals surface area contributed by atoms with Gasteiger partial charge in [0.2, 0.25) is 0 Å². The fraction of sp³-hybridized carbons (Fsp3) is 0. The molecule has 0 fully saturated rings. The van der Waals surface area contributed by atoms with E-state index in [9.17, 15) is 19.1 Å². The number of carboxylic acid groups (broad SMARTS) is 1. The Bertz CT molecular complexity index is 1330. The van der Waals surface area contributed by atoms with Crippen LogP contribution >= 0.6 is 0 Å². The van der Waals surface area contributed by atoms with Crippen LogP contribution in [0.4, 0.5) is 4.39 Å². The summed E-state index contributed by atoms with van der Waals surface area (Å²) in [5.74, 6) is -1.23. The van der Waals surface area contributed by atoms with Gasteiger partial charge >= 0.3 is 5.97 Å². The molecule has 1 aromatic heterocycles. The Labute approximate surface area is 165 Å². The number of fused-ring (bicyclic) bond motifs is 1. The minimum atomic E-state index is -1.10. The molecule has 0 atom stereocenters. The van der Waals surface area contributed by atoms with Crippen LogP contribution < -0.4 is 5.56 Å². The third-order valence-corrected chi connectivity index (χ3v) is 4.47. The summed E-state index contributed by atoms with van der Waals surface area (Å²) in [5, 5.41) is 9.69. The summed E-state index contributed by atoms with van der Waals surface area (Å²) in [6, 6.07) is 19.2. The topological polar surface area (TPSA) is 72.2 Å². The molecule has 5 nitrogen and oxygen atoms in total.